The molecule has 1 aromatic rings. The summed E-state index contributed by atoms with van der Waals surface area (Å²) in [4.78, 5) is 0. The molecule has 1 nitrogen and oxygen atoms in total. The SMILES string of the molecule is C#CC(N)c1cccc(C(F)(F)F)c1.Cl. The first-order chi connectivity index (χ1) is 6.45. The lowest BCUT2D eigenvalue weighted by atomic mass is 10.1. The van der Waals surface area contributed by atoms with Gasteiger partial charge in [-0.25, -0.2) is 0 Å². The Balaban J connectivity index is 0.00000196. The van der Waals surface area contributed by atoms with Crippen LogP contribution in [0.25, 0.3) is 0 Å². The van der Waals surface area contributed by atoms with Crippen molar-refractivity contribution in [3.05, 3.63) is 35.4 Å². The fraction of sp³-hybridized carbons (Fsp3) is 0.200. The number of alkyl halides is 3. The lowest BCUT2D eigenvalue weighted by Gasteiger charge is -2.09. The van der Waals surface area contributed by atoms with E-state index in [1.54, 1.807) is 0 Å². The Morgan fingerprint density at radius 2 is 1.93 bits per heavy atom. The normalized spacial score (nSPS) is 12.5. The molecule has 1 unspecified atom stereocenters. The van der Waals surface area contributed by atoms with Gasteiger partial charge in [0.1, 0.15) is 0 Å². The van der Waals surface area contributed by atoms with Crippen molar-refractivity contribution in [1.82, 2.24) is 0 Å². The molecule has 0 amide bonds. The Hall–Kier alpha value is -1.18. The Labute approximate surface area is 91.9 Å². The van der Waals surface area contributed by atoms with Gasteiger partial charge in [0.15, 0.2) is 0 Å². The monoisotopic (exact) mass is 235 g/mol. The molecule has 1 aromatic carbocycles. The second-order valence-electron chi connectivity index (χ2n) is 2.77. The molecule has 0 radical (unpaired) electrons. The zero-order valence-corrected chi connectivity index (χ0v) is 8.40. The van der Waals surface area contributed by atoms with Crippen LogP contribution in [0.5, 0.6) is 0 Å². The van der Waals surface area contributed by atoms with Gasteiger partial charge in [0, 0.05) is 0 Å². The van der Waals surface area contributed by atoms with Gasteiger partial charge in [0.25, 0.3) is 0 Å². The molecule has 0 aromatic heterocycles. The van der Waals surface area contributed by atoms with Crippen molar-refractivity contribution in [3.63, 3.8) is 0 Å². The molecule has 0 saturated carbocycles. The van der Waals surface area contributed by atoms with Crippen LogP contribution in [0, 0.1) is 12.3 Å². The molecule has 1 atom stereocenters. The number of hydrogen-bond donors (Lipinski definition) is 1. The van der Waals surface area contributed by atoms with Gasteiger partial charge in [-0.3, -0.25) is 0 Å². The maximum atomic E-state index is 12.2. The highest BCUT2D eigenvalue weighted by molar-refractivity contribution is 5.85. The van der Waals surface area contributed by atoms with Crippen LogP contribution < -0.4 is 5.73 Å². The molecule has 1 rings (SSSR count). The standard InChI is InChI=1S/C10H8F3N.ClH/c1-2-9(14)7-4-3-5-8(6-7)10(11,12)13;/h1,3-6,9H,14H2;1H. The lowest BCUT2D eigenvalue weighted by molar-refractivity contribution is -0.137. The second kappa shape index (κ2) is 5.06. The summed E-state index contributed by atoms with van der Waals surface area (Å²) in [5.41, 5.74) is 4.96. The zero-order valence-electron chi connectivity index (χ0n) is 7.58. The van der Waals surface area contributed by atoms with Crippen molar-refractivity contribution in [3.8, 4) is 12.3 Å². The Bertz CT molecular complexity index is 368. The summed E-state index contributed by atoms with van der Waals surface area (Å²) >= 11 is 0. The van der Waals surface area contributed by atoms with Gasteiger partial charge in [-0.15, -0.1) is 18.8 Å². The zero-order chi connectivity index (χ0) is 10.8. The van der Waals surface area contributed by atoms with E-state index < -0.39 is 17.8 Å². The van der Waals surface area contributed by atoms with E-state index in [-0.39, 0.29) is 12.4 Å². The average molecular weight is 236 g/mol. The molecule has 0 fully saturated rings. The van der Waals surface area contributed by atoms with Crippen LogP contribution >= 0.6 is 12.4 Å². The van der Waals surface area contributed by atoms with E-state index in [1.165, 1.54) is 12.1 Å². The van der Waals surface area contributed by atoms with Crippen molar-refractivity contribution in [2.24, 2.45) is 5.73 Å². The first-order valence-corrected chi connectivity index (χ1v) is 3.84. The molecule has 0 spiro atoms. The molecule has 2 N–H and O–H groups in total. The highest BCUT2D eigenvalue weighted by Gasteiger charge is 2.30. The van der Waals surface area contributed by atoms with Crippen LogP contribution in [0.2, 0.25) is 0 Å². The van der Waals surface area contributed by atoms with Crippen molar-refractivity contribution in [2.75, 3.05) is 0 Å². The Morgan fingerprint density at radius 3 is 2.40 bits per heavy atom. The predicted molar refractivity (Wildman–Crippen MR) is 54.5 cm³/mol. The number of terminal acetylenes is 1. The van der Waals surface area contributed by atoms with Crippen LogP contribution in [-0.2, 0) is 6.18 Å². The van der Waals surface area contributed by atoms with Crippen LogP contribution in [-0.4, -0.2) is 0 Å². The number of nitrogens with two attached hydrogens (primary N) is 1. The summed E-state index contributed by atoms with van der Waals surface area (Å²) < 4.78 is 36.7. The quantitative estimate of drug-likeness (QED) is 0.745. The molecule has 0 saturated heterocycles. The second-order valence-corrected chi connectivity index (χ2v) is 2.77. The van der Waals surface area contributed by atoms with E-state index in [1.807, 2.05) is 0 Å². The van der Waals surface area contributed by atoms with Crippen LogP contribution in [0.3, 0.4) is 0 Å². The number of benzene rings is 1. The van der Waals surface area contributed by atoms with E-state index in [9.17, 15) is 13.2 Å². The maximum absolute atomic E-state index is 12.2. The van der Waals surface area contributed by atoms with Gasteiger partial charge >= 0.3 is 6.18 Å². The number of halogens is 4. The van der Waals surface area contributed by atoms with Gasteiger partial charge in [-0.1, -0.05) is 18.1 Å². The van der Waals surface area contributed by atoms with Gasteiger partial charge in [-0.05, 0) is 17.7 Å². The Kier molecular flexibility index (Phi) is 4.66. The van der Waals surface area contributed by atoms with E-state index in [2.05, 4.69) is 5.92 Å². The fourth-order valence-electron chi connectivity index (χ4n) is 1.00. The average Bonchev–Trinajstić information content (AvgIpc) is 2.15. The lowest BCUT2D eigenvalue weighted by Crippen LogP contribution is -2.10. The highest BCUT2D eigenvalue weighted by Crippen LogP contribution is 2.30. The molecular weight excluding hydrogens is 227 g/mol. The van der Waals surface area contributed by atoms with Crippen molar-refractivity contribution in [2.45, 2.75) is 12.2 Å². The Morgan fingerprint density at radius 1 is 1.33 bits per heavy atom. The molecule has 0 heterocycles. The van der Waals surface area contributed by atoms with Crippen LogP contribution in [0.4, 0.5) is 13.2 Å². The minimum Gasteiger partial charge on any atom is -0.314 e. The highest BCUT2D eigenvalue weighted by atomic mass is 35.5. The minimum atomic E-state index is -4.36. The summed E-state index contributed by atoms with van der Waals surface area (Å²) in [6.45, 7) is 0. The van der Waals surface area contributed by atoms with Gasteiger partial charge in [0.2, 0.25) is 0 Å². The topological polar surface area (TPSA) is 26.0 Å². The largest absolute Gasteiger partial charge is 0.416 e. The summed E-state index contributed by atoms with van der Waals surface area (Å²) in [6, 6.07) is 3.91. The van der Waals surface area contributed by atoms with Gasteiger partial charge in [-0.2, -0.15) is 13.2 Å². The summed E-state index contributed by atoms with van der Waals surface area (Å²) in [5, 5.41) is 0. The smallest absolute Gasteiger partial charge is 0.314 e. The van der Waals surface area contributed by atoms with E-state index >= 15 is 0 Å². The molecule has 0 bridgehead atoms. The molecule has 15 heavy (non-hydrogen) atoms. The van der Waals surface area contributed by atoms with Crippen LogP contribution in [0.1, 0.15) is 17.2 Å². The molecular formula is C10H9ClF3N. The molecule has 0 aliphatic heterocycles. The van der Waals surface area contributed by atoms with Crippen molar-refractivity contribution in [1.29, 1.82) is 0 Å². The molecule has 82 valence electrons. The molecule has 0 aliphatic carbocycles. The van der Waals surface area contributed by atoms with Crippen molar-refractivity contribution < 1.29 is 13.2 Å². The third-order valence-corrected chi connectivity index (χ3v) is 1.75. The summed E-state index contributed by atoms with van der Waals surface area (Å²) in [6.07, 6.45) is 0.650. The van der Waals surface area contributed by atoms with E-state index in [0.29, 0.717) is 5.56 Å². The van der Waals surface area contributed by atoms with Gasteiger partial charge in [0.05, 0.1) is 11.6 Å². The number of hydrogen-bond acceptors (Lipinski definition) is 1. The van der Waals surface area contributed by atoms with E-state index in [4.69, 9.17) is 12.2 Å². The first-order valence-electron chi connectivity index (χ1n) is 3.84. The fourth-order valence-corrected chi connectivity index (χ4v) is 1.00. The van der Waals surface area contributed by atoms with Gasteiger partial charge < -0.3 is 5.73 Å². The molecule has 5 heteroatoms. The van der Waals surface area contributed by atoms with Crippen LogP contribution in [0.15, 0.2) is 24.3 Å². The third-order valence-electron chi connectivity index (χ3n) is 1.75. The minimum absolute atomic E-state index is 0. The first kappa shape index (κ1) is 13.8. The summed E-state index contributed by atoms with van der Waals surface area (Å²) in [7, 11) is 0. The predicted octanol–water partition coefficient (Wildman–Crippen LogP) is 2.76. The van der Waals surface area contributed by atoms with E-state index in [0.717, 1.165) is 12.1 Å². The third kappa shape index (κ3) is 3.46. The molecule has 0 aliphatic rings. The number of rotatable bonds is 1. The summed E-state index contributed by atoms with van der Waals surface area (Å²) in [5.74, 6) is 2.17. The van der Waals surface area contributed by atoms with Crippen molar-refractivity contribution >= 4 is 12.4 Å². The maximum Gasteiger partial charge on any atom is 0.416 e.